The number of thiazole rings is 1. The molecule has 1 aromatic carbocycles. The largest absolute Gasteiger partial charge is 0.355 e. The lowest BCUT2D eigenvalue weighted by Gasteiger charge is -2.34. The van der Waals surface area contributed by atoms with Crippen molar-refractivity contribution in [1.29, 1.82) is 0 Å². The van der Waals surface area contributed by atoms with Crippen molar-refractivity contribution < 1.29 is 4.79 Å². The summed E-state index contributed by atoms with van der Waals surface area (Å²) in [5, 5.41) is 4.32. The van der Waals surface area contributed by atoms with E-state index in [1.807, 2.05) is 11.3 Å². The number of benzene rings is 1. The van der Waals surface area contributed by atoms with E-state index in [2.05, 4.69) is 41.1 Å². The van der Waals surface area contributed by atoms with Gasteiger partial charge in [-0.2, -0.15) is 0 Å². The van der Waals surface area contributed by atoms with E-state index in [-0.39, 0.29) is 11.8 Å². The van der Waals surface area contributed by atoms with Crippen molar-refractivity contribution in [2.45, 2.75) is 46.0 Å². The first-order valence-electron chi connectivity index (χ1n) is 10.7. The number of nitrogens with one attached hydrogen (secondary N) is 1. The molecule has 1 saturated carbocycles. The van der Waals surface area contributed by atoms with E-state index < -0.39 is 0 Å². The Kier molecular flexibility index (Phi) is 6.16. The van der Waals surface area contributed by atoms with Gasteiger partial charge in [-0.15, -0.1) is 0 Å². The van der Waals surface area contributed by atoms with Crippen LogP contribution >= 0.6 is 11.3 Å². The maximum Gasteiger partial charge on any atom is 0.223 e. The van der Waals surface area contributed by atoms with Crippen molar-refractivity contribution in [3.63, 3.8) is 0 Å². The smallest absolute Gasteiger partial charge is 0.223 e. The molecule has 0 atom stereocenters. The minimum absolute atomic E-state index is 0.261. The quantitative estimate of drug-likeness (QED) is 0.831. The van der Waals surface area contributed by atoms with Crippen LogP contribution in [-0.4, -0.2) is 55.1 Å². The van der Waals surface area contributed by atoms with Gasteiger partial charge in [0.25, 0.3) is 0 Å². The highest BCUT2D eigenvalue weighted by Crippen LogP contribution is 2.33. The third kappa shape index (κ3) is 4.33. The highest BCUT2D eigenvalue weighted by atomic mass is 32.1. The van der Waals surface area contributed by atoms with Gasteiger partial charge in [-0.05, 0) is 37.8 Å². The van der Waals surface area contributed by atoms with Gasteiger partial charge in [-0.1, -0.05) is 42.7 Å². The minimum Gasteiger partial charge on any atom is -0.355 e. The molecule has 6 heteroatoms. The fraction of sp³-hybridized carbons (Fsp3) is 0.636. The molecule has 2 heterocycles. The summed E-state index contributed by atoms with van der Waals surface area (Å²) in [4.78, 5) is 22.1. The molecule has 1 N–H and O–H groups in total. The number of rotatable bonds is 5. The molecular weight excluding hydrogens is 368 g/mol. The molecule has 4 rings (SSSR count). The Morgan fingerprint density at radius 3 is 2.54 bits per heavy atom. The molecule has 1 amide bonds. The Morgan fingerprint density at radius 2 is 1.82 bits per heavy atom. The molecule has 0 bridgehead atoms. The molecule has 0 unspecified atom stereocenters. The van der Waals surface area contributed by atoms with Crippen LogP contribution in [-0.2, 0) is 4.79 Å². The molecule has 2 aromatic rings. The summed E-state index contributed by atoms with van der Waals surface area (Å²) < 4.78 is 1.32. The van der Waals surface area contributed by atoms with Gasteiger partial charge in [-0.3, -0.25) is 9.69 Å². The van der Waals surface area contributed by atoms with Crippen molar-refractivity contribution in [1.82, 2.24) is 15.2 Å². The number of hydrogen-bond donors (Lipinski definition) is 1. The number of fused-ring (bicyclic) bond motifs is 1. The lowest BCUT2D eigenvalue weighted by Crippen LogP contribution is -2.48. The number of carbonyl (C=O) groups is 1. The first-order valence-corrected chi connectivity index (χ1v) is 11.6. The molecule has 2 aliphatic rings. The fourth-order valence-electron chi connectivity index (χ4n) is 4.39. The molecule has 28 heavy (non-hydrogen) atoms. The number of nitrogens with zero attached hydrogens (tertiary/aromatic N) is 3. The van der Waals surface area contributed by atoms with Gasteiger partial charge in [0.1, 0.15) is 0 Å². The van der Waals surface area contributed by atoms with Crippen molar-refractivity contribution in [2.24, 2.45) is 5.92 Å². The molecule has 1 aliphatic carbocycles. The van der Waals surface area contributed by atoms with E-state index in [4.69, 9.17) is 4.98 Å². The Bertz CT molecular complexity index is 780. The molecule has 0 radical (unpaired) electrons. The first kappa shape index (κ1) is 19.6. The van der Waals surface area contributed by atoms with E-state index in [9.17, 15) is 4.79 Å². The Labute approximate surface area is 172 Å². The Balaban J connectivity index is 1.25. The second-order valence-corrected chi connectivity index (χ2v) is 9.31. The molecule has 152 valence electrons. The predicted molar refractivity (Wildman–Crippen MR) is 117 cm³/mol. The summed E-state index contributed by atoms with van der Waals surface area (Å²) in [7, 11) is 0. The van der Waals surface area contributed by atoms with E-state index in [1.165, 1.54) is 35.1 Å². The number of anilines is 1. The van der Waals surface area contributed by atoms with Crippen LogP contribution in [0.25, 0.3) is 10.2 Å². The number of aromatic nitrogens is 1. The molecule has 1 saturated heterocycles. The topological polar surface area (TPSA) is 48.5 Å². The van der Waals surface area contributed by atoms with Crippen LogP contribution in [0, 0.1) is 19.8 Å². The minimum atomic E-state index is 0.261. The Morgan fingerprint density at radius 1 is 1.11 bits per heavy atom. The van der Waals surface area contributed by atoms with Crippen LogP contribution in [0.5, 0.6) is 0 Å². The summed E-state index contributed by atoms with van der Waals surface area (Å²) in [6.07, 6.45) is 5.87. The molecule has 1 aliphatic heterocycles. The van der Waals surface area contributed by atoms with Crippen molar-refractivity contribution in [3.8, 4) is 0 Å². The average molecular weight is 401 g/mol. The Hall–Kier alpha value is -1.66. The molecule has 5 nitrogen and oxygen atoms in total. The molecule has 1 aromatic heterocycles. The van der Waals surface area contributed by atoms with E-state index in [1.54, 1.807) is 0 Å². The molecular formula is C22H32N4OS. The first-order chi connectivity index (χ1) is 13.6. The number of piperazine rings is 1. The normalized spacial score (nSPS) is 19.3. The van der Waals surface area contributed by atoms with Crippen molar-refractivity contribution in [3.05, 3.63) is 23.3 Å². The van der Waals surface area contributed by atoms with Crippen LogP contribution in [0.2, 0.25) is 0 Å². The van der Waals surface area contributed by atoms with Crippen LogP contribution in [0.15, 0.2) is 12.1 Å². The summed E-state index contributed by atoms with van der Waals surface area (Å²) in [5.41, 5.74) is 3.74. The zero-order valence-corrected chi connectivity index (χ0v) is 18.0. The summed E-state index contributed by atoms with van der Waals surface area (Å²) in [6, 6.07) is 4.36. The SMILES string of the molecule is Cc1ccc(C)c2sc(N3CCN(CCNC(=O)C4CCCCC4)CC3)nc12. The number of carbonyl (C=O) groups excluding carboxylic acids is 1. The van der Waals surface area contributed by atoms with Gasteiger partial charge in [0, 0.05) is 45.2 Å². The van der Waals surface area contributed by atoms with E-state index in [0.717, 1.165) is 62.8 Å². The van der Waals surface area contributed by atoms with Crippen molar-refractivity contribution in [2.75, 3.05) is 44.2 Å². The van der Waals surface area contributed by atoms with Crippen LogP contribution in [0.4, 0.5) is 5.13 Å². The van der Waals surface area contributed by atoms with Gasteiger partial charge in [0.2, 0.25) is 5.91 Å². The monoisotopic (exact) mass is 400 g/mol. The van der Waals surface area contributed by atoms with Crippen LogP contribution in [0.3, 0.4) is 0 Å². The van der Waals surface area contributed by atoms with Crippen molar-refractivity contribution >= 4 is 32.6 Å². The molecule has 0 spiro atoms. The zero-order valence-electron chi connectivity index (χ0n) is 17.2. The maximum absolute atomic E-state index is 12.3. The third-order valence-electron chi connectivity index (χ3n) is 6.28. The number of aryl methyl sites for hydroxylation is 2. The number of hydrogen-bond acceptors (Lipinski definition) is 5. The summed E-state index contributed by atoms with van der Waals surface area (Å²) >= 11 is 1.82. The maximum atomic E-state index is 12.3. The van der Waals surface area contributed by atoms with Gasteiger partial charge < -0.3 is 10.2 Å². The van der Waals surface area contributed by atoms with Crippen LogP contribution < -0.4 is 10.2 Å². The second-order valence-electron chi connectivity index (χ2n) is 8.33. The second kappa shape index (κ2) is 8.78. The standard InChI is InChI=1S/C22H32N4OS/c1-16-8-9-17(2)20-19(16)24-22(28-20)26-14-12-25(13-15-26)11-10-23-21(27)18-6-4-3-5-7-18/h8-9,18H,3-7,10-15H2,1-2H3,(H,23,27). The van der Waals surface area contributed by atoms with Crippen LogP contribution in [0.1, 0.15) is 43.2 Å². The highest BCUT2D eigenvalue weighted by molar-refractivity contribution is 7.22. The van der Waals surface area contributed by atoms with E-state index >= 15 is 0 Å². The summed E-state index contributed by atoms with van der Waals surface area (Å²) in [6.45, 7) is 10.1. The number of amides is 1. The van der Waals surface area contributed by atoms with Gasteiger partial charge >= 0.3 is 0 Å². The highest BCUT2D eigenvalue weighted by Gasteiger charge is 2.22. The lowest BCUT2D eigenvalue weighted by molar-refractivity contribution is -0.125. The lowest BCUT2D eigenvalue weighted by atomic mass is 9.89. The zero-order chi connectivity index (χ0) is 19.5. The van der Waals surface area contributed by atoms with Gasteiger partial charge in [0.05, 0.1) is 10.2 Å². The fourth-order valence-corrected chi connectivity index (χ4v) is 5.56. The predicted octanol–water partition coefficient (Wildman–Crippen LogP) is 3.73. The van der Waals surface area contributed by atoms with Gasteiger partial charge in [0.15, 0.2) is 5.13 Å². The van der Waals surface area contributed by atoms with E-state index in [0.29, 0.717) is 0 Å². The summed E-state index contributed by atoms with van der Waals surface area (Å²) in [5.74, 6) is 0.537. The average Bonchev–Trinajstić information content (AvgIpc) is 3.19. The van der Waals surface area contributed by atoms with Gasteiger partial charge in [-0.25, -0.2) is 4.98 Å². The molecule has 2 fully saturated rings. The third-order valence-corrected chi connectivity index (χ3v) is 7.53.